The number of fused-ring (bicyclic) bond motifs is 1. The fraction of sp³-hybridized carbons (Fsp3) is 0.0500. The van der Waals surface area contributed by atoms with E-state index in [-0.39, 0.29) is 16.9 Å². The summed E-state index contributed by atoms with van der Waals surface area (Å²) in [4.78, 5) is 22.4. The molecule has 2 heterocycles. The number of rotatable bonds is 3. The number of nitro benzene ring substituents is 1. The van der Waals surface area contributed by atoms with E-state index in [0.717, 1.165) is 12.1 Å². The molecule has 9 heteroatoms. The fourth-order valence-electron chi connectivity index (χ4n) is 2.99. The molecule has 1 aliphatic heterocycles. The van der Waals surface area contributed by atoms with E-state index in [1.807, 2.05) is 0 Å². The topological polar surface area (TPSA) is 85.4 Å². The summed E-state index contributed by atoms with van der Waals surface area (Å²) in [5.74, 6) is 0.210. The van der Waals surface area contributed by atoms with Gasteiger partial charge in [0.05, 0.1) is 16.1 Å². The Balaban J connectivity index is 1.65. The molecular formula is C20H11F3N2O4. The van der Waals surface area contributed by atoms with Crippen LogP contribution in [0.4, 0.5) is 24.5 Å². The summed E-state index contributed by atoms with van der Waals surface area (Å²) in [6.07, 6.45) is -3.07. The van der Waals surface area contributed by atoms with Crippen molar-refractivity contribution in [3.8, 4) is 11.3 Å². The molecule has 1 N–H and O–H groups in total. The molecule has 0 bridgehead atoms. The molecule has 0 aliphatic carbocycles. The predicted octanol–water partition coefficient (Wildman–Crippen LogP) is 5.37. The molecule has 0 fully saturated rings. The summed E-state index contributed by atoms with van der Waals surface area (Å²) >= 11 is 0. The zero-order chi connectivity index (χ0) is 20.8. The molecule has 0 unspecified atom stereocenters. The third-order valence-electron chi connectivity index (χ3n) is 4.41. The van der Waals surface area contributed by atoms with Crippen LogP contribution in [0, 0.1) is 10.1 Å². The normalized spacial score (nSPS) is 14.7. The molecule has 4 rings (SSSR count). The number of benzene rings is 2. The lowest BCUT2D eigenvalue weighted by Crippen LogP contribution is -2.06. The molecule has 6 nitrogen and oxygen atoms in total. The summed E-state index contributed by atoms with van der Waals surface area (Å²) in [6, 6.07) is 12.0. The summed E-state index contributed by atoms with van der Waals surface area (Å²) in [5.41, 5.74) is 0.301. The van der Waals surface area contributed by atoms with Crippen molar-refractivity contribution in [1.29, 1.82) is 0 Å². The molecule has 1 aliphatic rings. The van der Waals surface area contributed by atoms with Crippen molar-refractivity contribution in [1.82, 2.24) is 0 Å². The summed E-state index contributed by atoms with van der Waals surface area (Å²) in [6.45, 7) is 0. The van der Waals surface area contributed by atoms with Crippen molar-refractivity contribution < 1.29 is 27.3 Å². The van der Waals surface area contributed by atoms with Gasteiger partial charge >= 0.3 is 6.18 Å². The van der Waals surface area contributed by atoms with Crippen molar-refractivity contribution in [3.05, 3.63) is 81.6 Å². The number of nitro groups is 1. The van der Waals surface area contributed by atoms with Crippen LogP contribution in [0.1, 0.15) is 16.9 Å². The number of nitrogens with one attached hydrogen (secondary N) is 1. The van der Waals surface area contributed by atoms with Crippen LogP contribution in [0.25, 0.3) is 23.0 Å². The minimum absolute atomic E-state index is 0.0555. The Morgan fingerprint density at radius 1 is 1.03 bits per heavy atom. The van der Waals surface area contributed by atoms with Gasteiger partial charge in [0, 0.05) is 28.9 Å². The molecular weight excluding hydrogens is 389 g/mol. The Labute approximate surface area is 161 Å². The maximum absolute atomic E-state index is 12.9. The Hall–Kier alpha value is -3.88. The summed E-state index contributed by atoms with van der Waals surface area (Å²) < 4.78 is 44.2. The van der Waals surface area contributed by atoms with Crippen LogP contribution in [-0.2, 0) is 11.0 Å². The van der Waals surface area contributed by atoms with Gasteiger partial charge in [0.15, 0.2) is 0 Å². The van der Waals surface area contributed by atoms with Crippen molar-refractivity contribution >= 4 is 28.9 Å². The van der Waals surface area contributed by atoms with Crippen LogP contribution in [0.2, 0.25) is 0 Å². The van der Waals surface area contributed by atoms with Gasteiger partial charge in [0.1, 0.15) is 11.5 Å². The van der Waals surface area contributed by atoms with E-state index in [9.17, 15) is 28.1 Å². The van der Waals surface area contributed by atoms with Crippen LogP contribution >= 0.6 is 0 Å². The highest BCUT2D eigenvalue weighted by Crippen LogP contribution is 2.38. The van der Waals surface area contributed by atoms with Gasteiger partial charge in [-0.15, -0.1) is 0 Å². The number of hydrogen-bond donors (Lipinski definition) is 1. The fourth-order valence-corrected chi connectivity index (χ4v) is 2.99. The first-order valence-corrected chi connectivity index (χ1v) is 8.32. The summed E-state index contributed by atoms with van der Waals surface area (Å²) in [7, 11) is 0. The van der Waals surface area contributed by atoms with Gasteiger partial charge < -0.3 is 9.73 Å². The quantitative estimate of drug-likeness (QED) is 0.364. The van der Waals surface area contributed by atoms with Crippen LogP contribution in [-0.4, -0.2) is 10.8 Å². The molecule has 0 atom stereocenters. The third kappa shape index (κ3) is 3.49. The Morgan fingerprint density at radius 3 is 2.41 bits per heavy atom. The second-order valence-corrected chi connectivity index (χ2v) is 6.28. The van der Waals surface area contributed by atoms with Crippen molar-refractivity contribution in [3.63, 3.8) is 0 Å². The molecule has 0 radical (unpaired) electrons. The number of alkyl halides is 3. The van der Waals surface area contributed by atoms with E-state index in [1.165, 1.54) is 36.4 Å². The number of carbonyl (C=O) groups is 1. The van der Waals surface area contributed by atoms with Crippen LogP contribution in [0.15, 0.2) is 59.0 Å². The van der Waals surface area contributed by atoms with E-state index in [1.54, 1.807) is 12.1 Å². The summed E-state index contributed by atoms with van der Waals surface area (Å²) in [5, 5.41) is 13.2. The number of amides is 1. The van der Waals surface area contributed by atoms with E-state index in [2.05, 4.69) is 5.32 Å². The molecule has 1 aromatic heterocycles. The van der Waals surface area contributed by atoms with Crippen molar-refractivity contribution in [2.24, 2.45) is 0 Å². The number of halogens is 3. The second-order valence-electron chi connectivity index (χ2n) is 6.28. The Kier molecular flexibility index (Phi) is 4.22. The predicted molar refractivity (Wildman–Crippen MR) is 98.7 cm³/mol. The molecule has 2 aromatic carbocycles. The molecule has 1 amide bonds. The standard InChI is InChI=1S/C20H11F3N2O4/c21-20(22,23)12-3-7-15-16(19(26)24-17(15)9-12)10-14-6-8-18(29-14)11-1-4-13(5-2-11)25(27)28/h1-10H,(H,24,26)/b16-10+. The number of anilines is 1. The lowest BCUT2D eigenvalue weighted by Gasteiger charge is -2.07. The lowest BCUT2D eigenvalue weighted by atomic mass is 10.0. The average Bonchev–Trinajstić information content (AvgIpc) is 3.26. The van der Waals surface area contributed by atoms with Crippen LogP contribution in [0.3, 0.4) is 0 Å². The first kappa shape index (κ1) is 18.5. The van der Waals surface area contributed by atoms with Crippen molar-refractivity contribution in [2.45, 2.75) is 6.18 Å². The first-order chi connectivity index (χ1) is 13.7. The second kappa shape index (κ2) is 6.62. The molecule has 29 heavy (non-hydrogen) atoms. The number of carbonyl (C=O) groups excluding carboxylic acids is 1. The zero-order valence-corrected chi connectivity index (χ0v) is 14.5. The molecule has 0 spiro atoms. The SMILES string of the molecule is O=C1Nc2cc(C(F)(F)F)ccc2/C1=C\c1ccc(-c2ccc([N+](=O)[O-])cc2)o1. The number of furan rings is 1. The van der Waals surface area contributed by atoms with Gasteiger partial charge in [-0.3, -0.25) is 14.9 Å². The first-order valence-electron chi connectivity index (χ1n) is 8.32. The van der Waals surface area contributed by atoms with Crippen molar-refractivity contribution in [2.75, 3.05) is 5.32 Å². The minimum atomic E-state index is -4.51. The van der Waals surface area contributed by atoms with E-state index in [0.29, 0.717) is 22.6 Å². The number of non-ortho nitro benzene ring substituents is 1. The smallest absolute Gasteiger partial charge is 0.416 e. The van der Waals surface area contributed by atoms with Crippen LogP contribution < -0.4 is 5.32 Å². The highest BCUT2D eigenvalue weighted by atomic mass is 19.4. The van der Waals surface area contributed by atoms with Gasteiger partial charge in [-0.2, -0.15) is 13.2 Å². The van der Waals surface area contributed by atoms with Gasteiger partial charge in [0.2, 0.25) is 0 Å². The van der Waals surface area contributed by atoms with E-state index in [4.69, 9.17) is 4.42 Å². The molecule has 0 saturated carbocycles. The highest BCUT2D eigenvalue weighted by molar-refractivity contribution is 6.34. The largest absolute Gasteiger partial charge is 0.457 e. The average molecular weight is 400 g/mol. The highest BCUT2D eigenvalue weighted by Gasteiger charge is 2.33. The third-order valence-corrected chi connectivity index (χ3v) is 4.41. The lowest BCUT2D eigenvalue weighted by molar-refractivity contribution is -0.384. The molecule has 3 aromatic rings. The molecule has 0 saturated heterocycles. The van der Waals surface area contributed by atoms with Crippen LogP contribution in [0.5, 0.6) is 0 Å². The maximum atomic E-state index is 12.9. The van der Waals surface area contributed by atoms with Gasteiger partial charge in [0.25, 0.3) is 11.6 Å². The van der Waals surface area contributed by atoms with Gasteiger partial charge in [-0.1, -0.05) is 6.07 Å². The van der Waals surface area contributed by atoms with E-state index < -0.39 is 22.6 Å². The Bertz CT molecular complexity index is 1160. The molecule has 146 valence electrons. The minimum Gasteiger partial charge on any atom is -0.457 e. The zero-order valence-electron chi connectivity index (χ0n) is 14.5. The monoisotopic (exact) mass is 400 g/mol. The Morgan fingerprint density at radius 2 is 1.76 bits per heavy atom. The maximum Gasteiger partial charge on any atom is 0.416 e. The number of nitrogens with zero attached hydrogens (tertiary/aromatic N) is 1. The number of hydrogen-bond acceptors (Lipinski definition) is 4. The van der Waals surface area contributed by atoms with Gasteiger partial charge in [-0.25, -0.2) is 0 Å². The van der Waals surface area contributed by atoms with Gasteiger partial charge in [-0.05, 0) is 42.5 Å². The van der Waals surface area contributed by atoms with E-state index >= 15 is 0 Å².